The molecule has 0 spiro atoms. The van der Waals surface area contributed by atoms with E-state index in [-0.39, 0.29) is 54.3 Å². The Kier molecular flexibility index (Phi) is 5.61. The largest absolute Gasteiger partial charge is 0.465 e. The van der Waals surface area contributed by atoms with Gasteiger partial charge in [0, 0.05) is 5.41 Å². The van der Waals surface area contributed by atoms with Gasteiger partial charge in [0.1, 0.15) is 0 Å². The summed E-state index contributed by atoms with van der Waals surface area (Å²) in [5, 5.41) is 0. The van der Waals surface area contributed by atoms with Crippen LogP contribution in [0, 0.1) is 17.3 Å². The van der Waals surface area contributed by atoms with Crippen LogP contribution in [-0.2, 0) is 28.5 Å². The maximum absolute atomic E-state index is 12.3. The highest BCUT2D eigenvalue weighted by molar-refractivity contribution is 5.73. The lowest BCUT2D eigenvalue weighted by Gasteiger charge is -2.27. The Hall–Kier alpha value is -1.14. The molecule has 3 fully saturated rings. The topological polar surface area (TPSA) is 77.7 Å². The van der Waals surface area contributed by atoms with Gasteiger partial charge in [-0.15, -0.1) is 0 Å². The zero-order valence-corrected chi connectivity index (χ0v) is 17.3. The molecule has 0 aromatic rings. The third-order valence-corrected chi connectivity index (χ3v) is 6.21. The summed E-state index contributed by atoms with van der Waals surface area (Å²) in [4.78, 5) is 24.5. The first-order valence-corrected chi connectivity index (χ1v) is 10.2. The van der Waals surface area contributed by atoms with Crippen molar-refractivity contribution in [3.8, 4) is 0 Å². The first-order valence-electron chi connectivity index (χ1n) is 10.2. The summed E-state index contributed by atoms with van der Waals surface area (Å²) < 4.78 is 22.0. The van der Waals surface area contributed by atoms with E-state index in [1.807, 2.05) is 20.8 Å². The molecular weight excluding hydrogens is 348 g/mol. The van der Waals surface area contributed by atoms with Crippen LogP contribution < -0.4 is 0 Å². The van der Waals surface area contributed by atoms with E-state index in [4.69, 9.17) is 18.9 Å². The average molecular weight is 382 g/mol. The second kappa shape index (κ2) is 7.36. The lowest BCUT2D eigenvalue weighted by atomic mass is 9.83. The van der Waals surface area contributed by atoms with Gasteiger partial charge in [0.15, 0.2) is 0 Å². The fourth-order valence-electron chi connectivity index (χ4n) is 3.60. The van der Waals surface area contributed by atoms with Gasteiger partial charge < -0.3 is 18.9 Å². The first-order chi connectivity index (χ1) is 12.5. The van der Waals surface area contributed by atoms with Crippen molar-refractivity contribution in [2.75, 3.05) is 19.8 Å². The predicted octanol–water partition coefficient (Wildman–Crippen LogP) is 3.26. The normalized spacial score (nSPS) is 35.7. The number of fused-ring (bicyclic) bond motifs is 1. The summed E-state index contributed by atoms with van der Waals surface area (Å²) in [5.74, 6) is -0.580. The lowest BCUT2D eigenvalue weighted by Crippen LogP contribution is -2.33. The molecule has 6 nitrogen and oxygen atoms in total. The highest BCUT2D eigenvalue weighted by Crippen LogP contribution is 2.49. The smallest absolute Gasteiger partial charge is 0.309 e. The minimum absolute atomic E-state index is 0.00397. The van der Waals surface area contributed by atoms with Crippen LogP contribution in [0.15, 0.2) is 0 Å². The number of esters is 2. The van der Waals surface area contributed by atoms with Crippen molar-refractivity contribution in [1.82, 2.24) is 0 Å². The quantitative estimate of drug-likeness (QED) is 0.450. The third kappa shape index (κ3) is 5.44. The lowest BCUT2D eigenvalue weighted by molar-refractivity contribution is -0.158. The van der Waals surface area contributed by atoms with Crippen LogP contribution in [0.3, 0.4) is 0 Å². The van der Waals surface area contributed by atoms with Crippen molar-refractivity contribution in [2.24, 2.45) is 17.3 Å². The van der Waals surface area contributed by atoms with Crippen LogP contribution >= 0.6 is 0 Å². The van der Waals surface area contributed by atoms with Crippen molar-refractivity contribution in [2.45, 2.75) is 84.0 Å². The molecule has 0 bridgehead atoms. The summed E-state index contributed by atoms with van der Waals surface area (Å²) >= 11 is 0. The number of hydrogen-bond acceptors (Lipinski definition) is 6. The molecule has 1 saturated carbocycles. The summed E-state index contributed by atoms with van der Waals surface area (Å²) in [5.41, 5.74) is -0.441. The molecule has 6 heteroatoms. The number of rotatable bonds is 9. The predicted molar refractivity (Wildman–Crippen MR) is 99.1 cm³/mol. The number of ether oxygens (including phenoxy) is 4. The Morgan fingerprint density at radius 1 is 1.22 bits per heavy atom. The zero-order valence-electron chi connectivity index (χ0n) is 17.3. The van der Waals surface area contributed by atoms with Crippen LogP contribution in [0.4, 0.5) is 0 Å². The highest BCUT2D eigenvalue weighted by atomic mass is 16.6. The molecule has 0 aromatic carbocycles. The average Bonchev–Trinajstić information content (AvgIpc) is 3.51. The van der Waals surface area contributed by atoms with Gasteiger partial charge in [0.2, 0.25) is 0 Å². The SMILES string of the molecule is CC(CCC1(C)CO1)C(=O)OCC(C)(C)COC(=O)C1CCC2(C)OC2C1. The van der Waals surface area contributed by atoms with E-state index in [9.17, 15) is 9.59 Å². The molecule has 154 valence electrons. The maximum Gasteiger partial charge on any atom is 0.309 e. The Morgan fingerprint density at radius 2 is 1.89 bits per heavy atom. The molecule has 0 aromatic heterocycles. The second-order valence-electron chi connectivity index (χ2n) is 9.95. The summed E-state index contributed by atoms with van der Waals surface area (Å²) in [6.45, 7) is 11.2. The van der Waals surface area contributed by atoms with Gasteiger partial charge in [-0.1, -0.05) is 20.8 Å². The molecule has 5 unspecified atom stereocenters. The Balaban J connectivity index is 1.34. The number of epoxide rings is 2. The molecule has 2 heterocycles. The van der Waals surface area contributed by atoms with Crippen LogP contribution in [0.25, 0.3) is 0 Å². The zero-order chi connectivity index (χ0) is 19.9. The monoisotopic (exact) mass is 382 g/mol. The van der Waals surface area contributed by atoms with Crippen molar-refractivity contribution in [1.29, 1.82) is 0 Å². The molecule has 27 heavy (non-hydrogen) atoms. The van der Waals surface area contributed by atoms with Crippen molar-refractivity contribution in [3.05, 3.63) is 0 Å². The fourth-order valence-corrected chi connectivity index (χ4v) is 3.60. The highest BCUT2D eigenvalue weighted by Gasteiger charge is 2.56. The van der Waals surface area contributed by atoms with Crippen LogP contribution in [-0.4, -0.2) is 49.1 Å². The van der Waals surface area contributed by atoms with Crippen LogP contribution in [0.5, 0.6) is 0 Å². The molecule has 1 aliphatic carbocycles. The summed E-state index contributed by atoms with van der Waals surface area (Å²) in [7, 11) is 0. The van der Waals surface area contributed by atoms with E-state index in [0.29, 0.717) is 0 Å². The van der Waals surface area contributed by atoms with Crippen LogP contribution in [0.2, 0.25) is 0 Å². The maximum atomic E-state index is 12.3. The number of carbonyl (C=O) groups excluding carboxylic acids is 2. The summed E-state index contributed by atoms with van der Waals surface area (Å²) in [6.07, 6.45) is 4.33. The first kappa shape index (κ1) is 20.6. The van der Waals surface area contributed by atoms with Gasteiger partial charge in [-0.3, -0.25) is 9.59 Å². The van der Waals surface area contributed by atoms with E-state index >= 15 is 0 Å². The Bertz CT molecular complexity index is 581. The van der Waals surface area contributed by atoms with E-state index in [2.05, 4.69) is 13.8 Å². The number of carbonyl (C=O) groups is 2. The molecule has 0 amide bonds. The molecule has 0 radical (unpaired) electrons. The molecule has 3 aliphatic rings. The fraction of sp³-hybridized carbons (Fsp3) is 0.905. The van der Waals surface area contributed by atoms with Gasteiger partial charge in [-0.2, -0.15) is 0 Å². The van der Waals surface area contributed by atoms with Crippen molar-refractivity contribution in [3.63, 3.8) is 0 Å². The van der Waals surface area contributed by atoms with Crippen molar-refractivity contribution < 1.29 is 28.5 Å². The Labute approximate surface area is 162 Å². The minimum atomic E-state index is -0.407. The standard InChI is InChI=1S/C21H34O6/c1-14(6-8-20(4)13-26-20)17(22)24-11-19(2,3)12-25-18(23)15-7-9-21(5)16(10-15)27-21/h14-16H,6-13H2,1-5H3. The van der Waals surface area contributed by atoms with Crippen molar-refractivity contribution >= 4 is 11.9 Å². The number of hydrogen-bond donors (Lipinski definition) is 0. The van der Waals surface area contributed by atoms with Gasteiger partial charge in [-0.25, -0.2) is 0 Å². The van der Waals surface area contributed by atoms with E-state index < -0.39 is 5.41 Å². The molecular formula is C21H34O6. The molecule has 5 atom stereocenters. The van der Waals surface area contributed by atoms with E-state index in [0.717, 1.165) is 38.7 Å². The van der Waals surface area contributed by atoms with Gasteiger partial charge in [0.05, 0.1) is 49.0 Å². The second-order valence-corrected chi connectivity index (χ2v) is 9.95. The Morgan fingerprint density at radius 3 is 2.52 bits per heavy atom. The van der Waals surface area contributed by atoms with E-state index in [1.54, 1.807) is 0 Å². The van der Waals surface area contributed by atoms with Crippen LogP contribution in [0.1, 0.15) is 66.7 Å². The van der Waals surface area contributed by atoms with Gasteiger partial charge in [-0.05, 0) is 46.0 Å². The molecule has 2 saturated heterocycles. The molecule has 2 aliphatic heterocycles. The summed E-state index contributed by atoms with van der Waals surface area (Å²) in [6, 6.07) is 0. The van der Waals surface area contributed by atoms with Gasteiger partial charge in [0.25, 0.3) is 0 Å². The molecule has 0 N–H and O–H groups in total. The van der Waals surface area contributed by atoms with E-state index in [1.165, 1.54) is 0 Å². The minimum Gasteiger partial charge on any atom is -0.465 e. The van der Waals surface area contributed by atoms with Gasteiger partial charge >= 0.3 is 11.9 Å². The third-order valence-electron chi connectivity index (χ3n) is 6.21. The molecule has 3 rings (SSSR count).